The third-order valence-electron chi connectivity index (χ3n) is 1.19. The smallest absolute Gasteiger partial charge is 0.294 e. The maximum Gasteiger partial charge on any atom is 0.390 e. The summed E-state index contributed by atoms with van der Waals surface area (Å²) in [4.78, 5) is 0. The van der Waals surface area contributed by atoms with Gasteiger partial charge in [0.15, 0.2) is 0 Å². The first-order valence-electron chi connectivity index (χ1n) is 4.73. The minimum atomic E-state index is -4.14. The Morgan fingerprint density at radius 1 is 1.29 bits per heavy atom. The van der Waals surface area contributed by atoms with Crippen molar-refractivity contribution in [3.05, 3.63) is 0 Å². The Hall–Kier alpha value is 0.157. The van der Waals surface area contributed by atoms with Crippen LogP contribution < -0.4 is 0 Å². The lowest BCUT2D eigenvalue weighted by molar-refractivity contribution is 0.0498. The van der Waals surface area contributed by atoms with E-state index in [2.05, 4.69) is 4.18 Å². The summed E-state index contributed by atoms with van der Waals surface area (Å²) in [5, 5.41) is 0. The van der Waals surface area contributed by atoms with Crippen molar-refractivity contribution >= 4 is 30.1 Å². The van der Waals surface area contributed by atoms with Gasteiger partial charge in [-0.3, -0.25) is 12.6 Å². The summed E-state index contributed by atoms with van der Waals surface area (Å²) in [7, 11) is -6.44. The van der Waals surface area contributed by atoms with E-state index in [1.165, 1.54) is 13.8 Å². The molecular weight excluding hydrogens is 288 g/mol. The van der Waals surface area contributed by atoms with Gasteiger partial charge in [0.25, 0.3) is 0 Å². The van der Waals surface area contributed by atoms with E-state index in [0.29, 0.717) is 0 Å². The van der Waals surface area contributed by atoms with Crippen LogP contribution in [0.5, 0.6) is 0 Å². The lowest BCUT2D eigenvalue weighted by Crippen LogP contribution is -2.38. The first-order valence-corrected chi connectivity index (χ1v) is 10.5. The molecule has 0 saturated carbocycles. The fourth-order valence-electron chi connectivity index (χ4n) is 0.816. The second-order valence-corrected chi connectivity index (χ2v) is 11.5. The van der Waals surface area contributed by atoms with Crippen LogP contribution in [0.2, 0.25) is 19.6 Å². The zero-order valence-electron chi connectivity index (χ0n) is 10.4. The van der Waals surface area contributed by atoms with Gasteiger partial charge in [-0.05, 0) is 33.5 Å². The third kappa shape index (κ3) is 9.82. The normalized spacial score (nSPS) is 15.9. The first-order chi connectivity index (χ1) is 7.33. The largest absolute Gasteiger partial charge is 0.390 e. The topological polar surface area (TPSA) is 99.1 Å². The van der Waals surface area contributed by atoms with Crippen molar-refractivity contribution < 1.29 is 29.4 Å². The summed E-state index contributed by atoms with van der Waals surface area (Å²) in [6.07, 6.45) is 0. The predicted molar refractivity (Wildman–Crippen MR) is 65.2 cm³/mol. The number of hydrogen-bond acceptors (Lipinski definition) is 6. The molecule has 1 unspecified atom stereocenters. The van der Waals surface area contributed by atoms with Crippen molar-refractivity contribution in [2.45, 2.75) is 39.1 Å². The average molecular weight is 306 g/mol. The minimum absolute atomic E-state index is 0.357. The molecule has 17 heavy (non-hydrogen) atoms. The van der Waals surface area contributed by atoms with E-state index in [1.807, 2.05) is 0 Å². The maximum absolute atomic E-state index is 11.5. The molecule has 0 aliphatic carbocycles. The molecule has 7 nitrogen and oxygen atoms in total. The van der Waals surface area contributed by atoms with Crippen LogP contribution in [-0.4, -0.2) is 37.7 Å². The second-order valence-electron chi connectivity index (χ2n) is 4.93. The van der Waals surface area contributed by atoms with E-state index >= 15 is 0 Å². The van der Waals surface area contributed by atoms with Gasteiger partial charge in [-0.2, -0.15) is 12.6 Å². The van der Waals surface area contributed by atoms with Gasteiger partial charge < -0.3 is 0 Å². The molecule has 0 rings (SSSR count). The highest BCUT2D eigenvalue weighted by Crippen LogP contribution is 2.18. The summed E-state index contributed by atoms with van der Waals surface area (Å²) in [6.45, 7) is 7.54. The van der Waals surface area contributed by atoms with Gasteiger partial charge in [-0.15, -0.1) is 0 Å². The van der Waals surface area contributed by atoms with Gasteiger partial charge >= 0.3 is 21.8 Å². The first kappa shape index (κ1) is 17.2. The molecule has 0 heterocycles. The molecule has 0 spiro atoms. The van der Waals surface area contributed by atoms with Crippen molar-refractivity contribution in [1.82, 2.24) is 0 Å². The summed E-state index contributed by atoms with van der Waals surface area (Å²) < 4.78 is 55.7. The van der Waals surface area contributed by atoms with Crippen LogP contribution >= 0.6 is 0 Å². The SMILES string of the molecule is CC(C)(COS(=O)O)OS(=O)(=O)O[Si](C)(C)C. The third-order valence-corrected chi connectivity index (χ3v) is 4.98. The molecule has 0 aromatic heterocycles. The fraction of sp³-hybridized carbons (Fsp3) is 1.00. The monoisotopic (exact) mass is 306 g/mol. The zero-order valence-corrected chi connectivity index (χ0v) is 13.1. The highest BCUT2D eigenvalue weighted by atomic mass is 32.3. The van der Waals surface area contributed by atoms with Crippen molar-refractivity contribution in [2.24, 2.45) is 0 Å². The Bertz CT molecular complexity index is 370. The van der Waals surface area contributed by atoms with Crippen LogP contribution in [0, 0.1) is 0 Å². The van der Waals surface area contributed by atoms with Gasteiger partial charge in [0.2, 0.25) is 8.32 Å². The van der Waals surface area contributed by atoms with E-state index in [-0.39, 0.29) is 6.61 Å². The molecule has 0 aliphatic rings. The van der Waals surface area contributed by atoms with Crippen molar-refractivity contribution in [2.75, 3.05) is 6.61 Å². The van der Waals surface area contributed by atoms with Gasteiger partial charge in [0, 0.05) is 0 Å². The van der Waals surface area contributed by atoms with Crippen LogP contribution in [0.3, 0.4) is 0 Å². The Morgan fingerprint density at radius 3 is 2.12 bits per heavy atom. The van der Waals surface area contributed by atoms with E-state index in [0.717, 1.165) is 0 Å². The standard InChI is InChI=1S/C7H18O7S2Si/c1-7(2,6-12-15(8)9)13-16(10,11)14-17(3,4)5/h6H2,1-5H3,(H,8,9). The van der Waals surface area contributed by atoms with Crippen LogP contribution in [0.1, 0.15) is 13.8 Å². The molecule has 0 saturated heterocycles. The van der Waals surface area contributed by atoms with Gasteiger partial charge in [0.05, 0.1) is 6.61 Å². The van der Waals surface area contributed by atoms with Crippen molar-refractivity contribution in [3.63, 3.8) is 0 Å². The van der Waals surface area contributed by atoms with Crippen LogP contribution in [0.25, 0.3) is 0 Å². The molecule has 10 heteroatoms. The lowest BCUT2D eigenvalue weighted by atomic mass is 10.2. The molecule has 1 atom stereocenters. The van der Waals surface area contributed by atoms with E-state index in [9.17, 15) is 12.6 Å². The summed E-state index contributed by atoms with van der Waals surface area (Å²) in [5.74, 6) is 0. The summed E-state index contributed by atoms with van der Waals surface area (Å²) in [5.41, 5.74) is -1.28. The molecule has 0 radical (unpaired) electrons. The highest BCUT2D eigenvalue weighted by molar-refractivity contribution is 7.83. The van der Waals surface area contributed by atoms with Crippen LogP contribution in [-0.2, 0) is 34.0 Å². The Morgan fingerprint density at radius 2 is 1.76 bits per heavy atom. The second kappa shape index (κ2) is 5.86. The molecule has 0 amide bonds. The maximum atomic E-state index is 11.5. The van der Waals surface area contributed by atoms with Gasteiger partial charge in [0.1, 0.15) is 5.60 Å². The Balaban J connectivity index is 4.54. The molecule has 0 aliphatic heterocycles. The van der Waals surface area contributed by atoms with E-state index < -0.39 is 35.7 Å². The van der Waals surface area contributed by atoms with Crippen LogP contribution in [0.15, 0.2) is 0 Å². The molecule has 1 N–H and O–H groups in total. The van der Waals surface area contributed by atoms with E-state index in [1.54, 1.807) is 19.6 Å². The molecule has 0 fully saturated rings. The van der Waals surface area contributed by atoms with Crippen molar-refractivity contribution in [1.29, 1.82) is 0 Å². The highest BCUT2D eigenvalue weighted by Gasteiger charge is 2.32. The fourth-order valence-corrected chi connectivity index (χ4v) is 4.39. The predicted octanol–water partition coefficient (Wildman–Crippen LogP) is 1.03. The molecular formula is C7H18O7S2Si. The van der Waals surface area contributed by atoms with E-state index in [4.69, 9.17) is 12.6 Å². The minimum Gasteiger partial charge on any atom is -0.294 e. The molecule has 0 aromatic rings. The van der Waals surface area contributed by atoms with Gasteiger partial charge in [-0.1, -0.05) is 0 Å². The molecule has 0 bridgehead atoms. The number of rotatable bonds is 7. The Labute approximate surface area is 105 Å². The number of hydrogen-bond donors (Lipinski definition) is 1. The summed E-state index contributed by atoms with van der Waals surface area (Å²) in [6, 6.07) is 0. The molecule has 104 valence electrons. The summed E-state index contributed by atoms with van der Waals surface area (Å²) >= 11 is -2.47. The quantitative estimate of drug-likeness (QED) is 0.554. The Kier molecular flexibility index (Phi) is 5.92. The zero-order chi connectivity index (χ0) is 13.9. The molecule has 0 aromatic carbocycles. The van der Waals surface area contributed by atoms with Gasteiger partial charge in [-0.25, -0.2) is 4.18 Å². The van der Waals surface area contributed by atoms with Crippen molar-refractivity contribution in [3.8, 4) is 0 Å². The lowest BCUT2D eigenvalue weighted by Gasteiger charge is -2.25. The average Bonchev–Trinajstić information content (AvgIpc) is 1.93. The van der Waals surface area contributed by atoms with Crippen LogP contribution in [0.4, 0.5) is 0 Å².